The number of carbonyl (C=O) groups is 1. The van der Waals surface area contributed by atoms with Crippen molar-refractivity contribution in [3.63, 3.8) is 0 Å². The summed E-state index contributed by atoms with van der Waals surface area (Å²) < 4.78 is 19.7. The zero-order valence-electron chi connectivity index (χ0n) is 14.5. The molecule has 26 heavy (non-hydrogen) atoms. The Kier molecular flexibility index (Phi) is 5.97. The Morgan fingerprint density at radius 1 is 1.38 bits per heavy atom. The third kappa shape index (κ3) is 4.66. The lowest BCUT2D eigenvalue weighted by Gasteiger charge is -2.15. The van der Waals surface area contributed by atoms with Crippen LogP contribution in [0.25, 0.3) is 0 Å². The monoisotopic (exact) mass is 379 g/mol. The van der Waals surface area contributed by atoms with Crippen LogP contribution in [0.2, 0.25) is 0 Å². The lowest BCUT2D eigenvalue weighted by Crippen LogP contribution is -2.37. The van der Waals surface area contributed by atoms with Crippen LogP contribution in [0.3, 0.4) is 0 Å². The van der Waals surface area contributed by atoms with Crippen molar-refractivity contribution in [2.75, 3.05) is 5.84 Å². The summed E-state index contributed by atoms with van der Waals surface area (Å²) in [5, 5.41) is 11.2. The summed E-state index contributed by atoms with van der Waals surface area (Å²) in [5.41, 5.74) is 0. The van der Waals surface area contributed by atoms with Crippen LogP contribution in [0.4, 0.5) is 4.39 Å². The Bertz CT molecular complexity index is 746. The van der Waals surface area contributed by atoms with E-state index in [9.17, 15) is 9.18 Å². The van der Waals surface area contributed by atoms with Crippen molar-refractivity contribution in [2.24, 2.45) is 0 Å². The molecule has 1 aliphatic rings. The third-order valence-electron chi connectivity index (χ3n) is 4.27. The van der Waals surface area contributed by atoms with Crippen molar-refractivity contribution in [2.45, 2.75) is 55.7 Å². The van der Waals surface area contributed by atoms with Gasteiger partial charge in [-0.2, -0.15) is 0 Å². The highest BCUT2D eigenvalue weighted by Crippen LogP contribution is 2.23. The molecule has 1 atom stereocenters. The maximum atomic E-state index is 12.9. The standard InChI is InChI=1S/C17H22FN5O2S/c1-11(16(24)20-13-4-2-3-5-13)26-17-22-21-15(23(17)19)10-25-14-8-6-12(18)7-9-14/h6-9,11,13H,2-5,10,19H2,1H3,(H,20,24). The number of nitrogen functional groups attached to an aromatic ring is 1. The van der Waals surface area contributed by atoms with E-state index >= 15 is 0 Å². The third-order valence-corrected chi connectivity index (χ3v) is 5.33. The minimum absolute atomic E-state index is 0.0194. The second-order valence-electron chi connectivity index (χ2n) is 6.26. The van der Waals surface area contributed by atoms with Crippen LogP contribution in [-0.4, -0.2) is 32.1 Å². The minimum Gasteiger partial charge on any atom is -0.486 e. The van der Waals surface area contributed by atoms with Crippen LogP contribution in [0, 0.1) is 5.82 Å². The zero-order valence-corrected chi connectivity index (χ0v) is 15.3. The first kappa shape index (κ1) is 18.5. The minimum atomic E-state index is -0.331. The number of aromatic nitrogens is 3. The number of nitrogens with two attached hydrogens (primary N) is 1. The molecule has 1 aromatic carbocycles. The van der Waals surface area contributed by atoms with Gasteiger partial charge in [-0.3, -0.25) is 4.79 Å². The van der Waals surface area contributed by atoms with Gasteiger partial charge in [-0.1, -0.05) is 24.6 Å². The normalized spacial score (nSPS) is 15.8. The first-order chi connectivity index (χ1) is 12.5. The Morgan fingerprint density at radius 3 is 2.77 bits per heavy atom. The van der Waals surface area contributed by atoms with Gasteiger partial charge in [-0.05, 0) is 44.0 Å². The molecule has 2 aromatic rings. The van der Waals surface area contributed by atoms with Gasteiger partial charge in [0.2, 0.25) is 11.1 Å². The predicted octanol–water partition coefficient (Wildman–Crippen LogP) is 2.25. The fourth-order valence-corrected chi connectivity index (χ4v) is 3.56. The largest absolute Gasteiger partial charge is 0.486 e. The molecule has 1 heterocycles. The molecule has 0 radical (unpaired) electrons. The maximum Gasteiger partial charge on any atom is 0.233 e. The number of hydrogen-bond acceptors (Lipinski definition) is 6. The average Bonchev–Trinajstić information content (AvgIpc) is 3.25. The number of nitrogens with one attached hydrogen (secondary N) is 1. The van der Waals surface area contributed by atoms with Gasteiger partial charge in [0.05, 0.1) is 5.25 Å². The molecule has 0 spiro atoms. The van der Waals surface area contributed by atoms with E-state index in [1.54, 1.807) is 0 Å². The van der Waals surface area contributed by atoms with Gasteiger partial charge in [-0.15, -0.1) is 10.2 Å². The summed E-state index contributed by atoms with van der Waals surface area (Å²) in [5.74, 6) is 6.58. The highest BCUT2D eigenvalue weighted by atomic mass is 32.2. The second-order valence-corrected chi connectivity index (χ2v) is 7.57. The number of amides is 1. The summed E-state index contributed by atoms with van der Waals surface area (Å²) in [7, 11) is 0. The number of rotatable bonds is 7. The van der Waals surface area contributed by atoms with Crippen molar-refractivity contribution in [3.8, 4) is 5.75 Å². The lowest BCUT2D eigenvalue weighted by atomic mass is 10.2. The van der Waals surface area contributed by atoms with E-state index < -0.39 is 0 Å². The molecule has 7 nitrogen and oxygen atoms in total. The molecule has 0 bridgehead atoms. The number of thioether (sulfide) groups is 1. The molecule has 3 N–H and O–H groups in total. The van der Waals surface area contributed by atoms with Crippen LogP contribution in [0.5, 0.6) is 5.75 Å². The first-order valence-corrected chi connectivity index (χ1v) is 9.45. The van der Waals surface area contributed by atoms with Gasteiger partial charge in [0.1, 0.15) is 18.2 Å². The van der Waals surface area contributed by atoms with E-state index in [1.807, 2.05) is 6.92 Å². The number of ether oxygens (including phenoxy) is 1. The van der Waals surface area contributed by atoms with Gasteiger partial charge in [-0.25, -0.2) is 9.07 Å². The molecule has 1 aromatic heterocycles. The molecule has 0 aliphatic heterocycles. The van der Waals surface area contributed by atoms with Crippen molar-refractivity contribution in [1.82, 2.24) is 20.2 Å². The van der Waals surface area contributed by atoms with Gasteiger partial charge in [0.15, 0.2) is 5.82 Å². The number of hydrogen-bond donors (Lipinski definition) is 2. The van der Waals surface area contributed by atoms with Gasteiger partial charge in [0.25, 0.3) is 0 Å². The number of benzene rings is 1. The Balaban J connectivity index is 1.54. The van der Waals surface area contributed by atoms with Crippen molar-refractivity contribution >= 4 is 17.7 Å². The molecule has 140 valence electrons. The SMILES string of the molecule is CC(Sc1nnc(COc2ccc(F)cc2)n1N)C(=O)NC1CCCC1. The van der Waals surface area contributed by atoms with E-state index in [2.05, 4.69) is 15.5 Å². The molecule has 0 saturated heterocycles. The fourth-order valence-electron chi connectivity index (χ4n) is 2.77. The molecule has 1 unspecified atom stereocenters. The molecular weight excluding hydrogens is 357 g/mol. The molecule has 1 fully saturated rings. The Labute approximate surface area is 155 Å². The summed E-state index contributed by atoms with van der Waals surface area (Å²) in [6.45, 7) is 1.91. The summed E-state index contributed by atoms with van der Waals surface area (Å²) in [4.78, 5) is 12.3. The summed E-state index contributed by atoms with van der Waals surface area (Å²) in [6.07, 6.45) is 4.42. The van der Waals surface area contributed by atoms with Gasteiger partial charge < -0.3 is 15.9 Å². The lowest BCUT2D eigenvalue weighted by molar-refractivity contribution is -0.120. The van der Waals surface area contributed by atoms with Crippen molar-refractivity contribution < 1.29 is 13.9 Å². The Morgan fingerprint density at radius 2 is 2.08 bits per heavy atom. The second kappa shape index (κ2) is 8.39. The predicted molar refractivity (Wildman–Crippen MR) is 96.6 cm³/mol. The van der Waals surface area contributed by atoms with Crippen LogP contribution in [0.15, 0.2) is 29.4 Å². The van der Waals surface area contributed by atoms with Crippen LogP contribution in [0.1, 0.15) is 38.4 Å². The van der Waals surface area contributed by atoms with E-state index in [0.29, 0.717) is 16.7 Å². The number of nitrogens with zero attached hydrogens (tertiary/aromatic N) is 3. The average molecular weight is 379 g/mol. The fraction of sp³-hybridized carbons (Fsp3) is 0.471. The number of halogens is 1. The Hall–Kier alpha value is -2.29. The van der Waals surface area contributed by atoms with E-state index in [-0.39, 0.29) is 29.6 Å². The van der Waals surface area contributed by atoms with Crippen molar-refractivity contribution in [3.05, 3.63) is 35.9 Å². The first-order valence-electron chi connectivity index (χ1n) is 8.57. The molecule has 1 amide bonds. The summed E-state index contributed by atoms with van der Waals surface area (Å²) in [6, 6.07) is 5.96. The van der Waals surface area contributed by atoms with Crippen LogP contribution in [-0.2, 0) is 11.4 Å². The highest BCUT2D eigenvalue weighted by Gasteiger charge is 2.23. The topological polar surface area (TPSA) is 95.1 Å². The molecule has 1 saturated carbocycles. The molecule has 3 rings (SSSR count). The van der Waals surface area contributed by atoms with Gasteiger partial charge in [0, 0.05) is 6.04 Å². The smallest absolute Gasteiger partial charge is 0.233 e. The van der Waals surface area contributed by atoms with E-state index in [1.165, 1.54) is 53.5 Å². The van der Waals surface area contributed by atoms with E-state index in [4.69, 9.17) is 10.6 Å². The highest BCUT2D eigenvalue weighted by molar-refractivity contribution is 8.00. The number of carbonyl (C=O) groups excluding carboxylic acids is 1. The van der Waals surface area contributed by atoms with Crippen molar-refractivity contribution in [1.29, 1.82) is 0 Å². The van der Waals surface area contributed by atoms with Gasteiger partial charge >= 0.3 is 0 Å². The quantitative estimate of drug-likeness (QED) is 0.566. The maximum absolute atomic E-state index is 12.9. The molecule has 9 heteroatoms. The molecular formula is C17H22FN5O2S. The van der Waals surface area contributed by atoms with Crippen LogP contribution < -0.4 is 15.9 Å². The van der Waals surface area contributed by atoms with E-state index in [0.717, 1.165) is 12.8 Å². The summed E-state index contributed by atoms with van der Waals surface area (Å²) >= 11 is 1.25. The van der Waals surface area contributed by atoms with Crippen LogP contribution >= 0.6 is 11.8 Å². The molecule has 1 aliphatic carbocycles. The zero-order chi connectivity index (χ0) is 18.5.